The van der Waals surface area contributed by atoms with E-state index in [1.54, 1.807) is 18.2 Å². The first kappa shape index (κ1) is 16.5. The molecule has 0 aromatic heterocycles. The summed E-state index contributed by atoms with van der Waals surface area (Å²) in [6.45, 7) is 2.16. The monoisotopic (exact) mass is 281 g/mol. The summed E-state index contributed by atoms with van der Waals surface area (Å²) in [5.74, 6) is -0.698. The molecule has 0 aliphatic heterocycles. The zero-order valence-electron chi connectivity index (χ0n) is 12.3. The number of ether oxygens (including phenoxy) is 1. The predicted octanol–water partition coefficient (Wildman–Crippen LogP) is 4.14. The first-order valence-corrected chi connectivity index (χ1v) is 7.28. The van der Waals surface area contributed by atoms with Crippen LogP contribution in [0.4, 0.5) is 10.1 Å². The molecule has 0 fully saturated rings. The van der Waals surface area contributed by atoms with Gasteiger partial charge in [-0.25, -0.2) is 9.18 Å². The zero-order chi connectivity index (χ0) is 14.8. The molecule has 0 aliphatic rings. The highest BCUT2D eigenvalue weighted by molar-refractivity contribution is 5.79. The molecule has 1 rings (SSSR count). The maximum absolute atomic E-state index is 13.6. The molecule has 0 saturated carbocycles. The Balaban J connectivity index is 2.52. The van der Waals surface area contributed by atoms with Gasteiger partial charge in [0.05, 0.1) is 12.8 Å². The molecule has 0 aliphatic carbocycles. The van der Waals surface area contributed by atoms with E-state index >= 15 is 0 Å². The van der Waals surface area contributed by atoms with E-state index in [4.69, 9.17) is 4.74 Å². The third-order valence-corrected chi connectivity index (χ3v) is 3.29. The molecule has 0 bridgehead atoms. The first-order chi connectivity index (χ1) is 9.69. The second-order valence-electron chi connectivity index (χ2n) is 4.90. The van der Waals surface area contributed by atoms with Crippen LogP contribution in [0.25, 0.3) is 0 Å². The third kappa shape index (κ3) is 5.59. The van der Waals surface area contributed by atoms with E-state index in [1.165, 1.54) is 32.4 Å². The van der Waals surface area contributed by atoms with Gasteiger partial charge >= 0.3 is 5.97 Å². The van der Waals surface area contributed by atoms with Crippen LogP contribution < -0.4 is 5.32 Å². The van der Waals surface area contributed by atoms with Gasteiger partial charge in [-0.1, -0.05) is 51.2 Å². The number of para-hydroxylation sites is 1. The molecule has 4 heteroatoms. The quantitative estimate of drug-likeness (QED) is 0.546. The number of methoxy groups -OCH3 is 1. The fourth-order valence-electron chi connectivity index (χ4n) is 2.11. The lowest BCUT2D eigenvalue weighted by atomic mass is 10.1. The molecule has 1 N–H and O–H groups in total. The van der Waals surface area contributed by atoms with E-state index in [9.17, 15) is 9.18 Å². The number of nitrogens with one attached hydrogen (secondary N) is 1. The van der Waals surface area contributed by atoms with Crippen LogP contribution >= 0.6 is 0 Å². The van der Waals surface area contributed by atoms with Crippen molar-refractivity contribution in [2.45, 2.75) is 51.5 Å². The zero-order valence-corrected chi connectivity index (χ0v) is 12.3. The molecule has 0 spiro atoms. The van der Waals surface area contributed by atoms with Gasteiger partial charge in [-0.15, -0.1) is 0 Å². The van der Waals surface area contributed by atoms with Crippen LogP contribution in [0, 0.1) is 5.82 Å². The summed E-state index contributed by atoms with van der Waals surface area (Å²) in [7, 11) is 1.36. The second kappa shape index (κ2) is 9.34. The van der Waals surface area contributed by atoms with Gasteiger partial charge < -0.3 is 10.1 Å². The van der Waals surface area contributed by atoms with Crippen molar-refractivity contribution >= 4 is 11.7 Å². The molecule has 0 radical (unpaired) electrons. The average molecular weight is 281 g/mol. The lowest BCUT2D eigenvalue weighted by Crippen LogP contribution is -2.31. The normalized spacial score (nSPS) is 11.9. The van der Waals surface area contributed by atoms with Crippen molar-refractivity contribution in [1.82, 2.24) is 0 Å². The SMILES string of the molecule is CCCCCCCC(Nc1ccccc1F)C(=O)OC. The Morgan fingerprint density at radius 3 is 2.60 bits per heavy atom. The maximum Gasteiger partial charge on any atom is 0.328 e. The van der Waals surface area contributed by atoms with Crippen LogP contribution in [0.5, 0.6) is 0 Å². The Morgan fingerprint density at radius 1 is 1.25 bits per heavy atom. The highest BCUT2D eigenvalue weighted by Crippen LogP contribution is 2.17. The van der Waals surface area contributed by atoms with Crippen LogP contribution in [0.15, 0.2) is 24.3 Å². The molecule has 1 aromatic rings. The van der Waals surface area contributed by atoms with Gasteiger partial charge in [0.25, 0.3) is 0 Å². The Morgan fingerprint density at radius 2 is 1.95 bits per heavy atom. The van der Waals surface area contributed by atoms with E-state index in [0.29, 0.717) is 12.1 Å². The van der Waals surface area contributed by atoms with Crippen molar-refractivity contribution in [3.63, 3.8) is 0 Å². The highest BCUT2D eigenvalue weighted by atomic mass is 19.1. The molecule has 20 heavy (non-hydrogen) atoms. The summed E-state index contributed by atoms with van der Waals surface area (Å²) in [6.07, 6.45) is 6.24. The number of esters is 1. The molecule has 1 aromatic carbocycles. The molecule has 3 nitrogen and oxygen atoms in total. The van der Waals surface area contributed by atoms with Gasteiger partial charge in [-0.2, -0.15) is 0 Å². The number of unbranched alkanes of at least 4 members (excludes halogenated alkanes) is 4. The first-order valence-electron chi connectivity index (χ1n) is 7.28. The third-order valence-electron chi connectivity index (χ3n) is 3.29. The van der Waals surface area contributed by atoms with Gasteiger partial charge in [0, 0.05) is 0 Å². The molecule has 112 valence electrons. The van der Waals surface area contributed by atoms with E-state index in [2.05, 4.69) is 12.2 Å². The van der Waals surface area contributed by atoms with Crippen molar-refractivity contribution in [3.05, 3.63) is 30.1 Å². The maximum atomic E-state index is 13.6. The van der Waals surface area contributed by atoms with Crippen molar-refractivity contribution in [2.24, 2.45) is 0 Å². The summed E-state index contributed by atoms with van der Waals surface area (Å²) in [6, 6.07) is 5.87. The number of hydrogen-bond donors (Lipinski definition) is 1. The number of anilines is 1. The summed E-state index contributed by atoms with van der Waals surface area (Å²) < 4.78 is 18.4. The number of carbonyl (C=O) groups excluding carboxylic acids is 1. The lowest BCUT2D eigenvalue weighted by Gasteiger charge is -2.18. The van der Waals surface area contributed by atoms with Crippen LogP contribution in [0.3, 0.4) is 0 Å². The number of halogens is 1. The van der Waals surface area contributed by atoms with Gasteiger partial charge in [-0.3, -0.25) is 0 Å². The van der Waals surface area contributed by atoms with E-state index in [0.717, 1.165) is 12.8 Å². The largest absolute Gasteiger partial charge is 0.467 e. The molecule has 1 atom stereocenters. The lowest BCUT2D eigenvalue weighted by molar-refractivity contribution is -0.141. The minimum absolute atomic E-state index is 0.344. The van der Waals surface area contributed by atoms with Crippen molar-refractivity contribution in [2.75, 3.05) is 12.4 Å². The van der Waals surface area contributed by atoms with E-state index in [-0.39, 0.29) is 11.8 Å². The Labute approximate surface area is 120 Å². The second-order valence-corrected chi connectivity index (χ2v) is 4.90. The fraction of sp³-hybridized carbons (Fsp3) is 0.562. The minimum atomic E-state index is -0.487. The van der Waals surface area contributed by atoms with E-state index in [1.807, 2.05) is 0 Å². The van der Waals surface area contributed by atoms with Gasteiger partial charge in [0.2, 0.25) is 0 Å². The summed E-state index contributed by atoms with van der Waals surface area (Å²) in [5.41, 5.74) is 0.344. The van der Waals surface area contributed by atoms with Crippen molar-refractivity contribution in [1.29, 1.82) is 0 Å². The van der Waals surface area contributed by atoms with Crippen LogP contribution in [-0.2, 0) is 9.53 Å². The Bertz CT molecular complexity index is 409. The number of rotatable bonds is 9. The molecule has 0 saturated heterocycles. The summed E-state index contributed by atoms with van der Waals surface area (Å²) >= 11 is 0. The fourth-order valence-corrected chi connectivity index (χ4v) is 2.11. The van der Waals surface area contributed by atoms with Gasteiger partial charge in [0.1, 0.15) is 11.9 Å². The molecule has 0 heterocycles. The van der Waals surface area contributed by atoms with E-state index < -0.39 is 6.04 Å². The Kier molecular flexibility index (Phi) is 7.70. The van der Waals surface area contributed by atoms with Gasteiger partial charge in [0.15, 0.2) is 0 Å². The topological polar surface area (TPSA) is 38.3 Å². The van der Waals surface area contributed by atoms with Crippen LogP contribution in [0.1, 0.15) is 45.4 Å². The highest BCUT2D eigenvalue weighted by Gasteiger charge is 2.19. The molecular formula is C16H24FNO2. The van der Waals surface area contributed by atoms with Crippen LogP contribution in [-0.4, -0.2) is 19.1 Å². The smallest absolute Gasteiger partial charge is 0.328 e. The average Bonchev–Trinajstić information content (AvgIpc) is 2.47. The summed E-state index contributed by atoms with van der Waals surface area (Å²) in [5, 5.41) is 2.94. The number of hydrogen-bond acceptors (Lipinski definition) is 3. The standard InChI is InChI=1S/C16H24FNO2/c1-3-4-5-6-7-12-15(16(19)20-2)18-14-11-9-8-10-13(14)17/h8-11,15,18H,3-7,12H2,1-2H3. The van der Waals surface area contributed by atoms with Crippen LogP contribution in [0.2, 0.25) is 0 Å². The molecule has 1 unspecified atom stereocenters. The van der Waals surface area contributed by atoms with Crippen molar-refractivity contribution in [3.8, 4) is 0 Å². The molecular weight excluding hydrogens is 257 g/mol. The summed E-state index contributed by atoms with van der Waals surface area (Å²) in [4.78, 5) is 11.7. The predicted molar refractivity (Wildman–Crippen MR) is 79.2 cm³/mol. The molecule has 0 amide bonds. The van der Waals surface area contributed by atoms with Crippen molar-refractivity contribution < 1.29 is 13.9 Å². The Hall–Kier alpha value is -1.58. The number of benzene rings is 1. The minimum Gasteiger partial charge on any atom is -0.467 e. The number of carbonyl (C=O) groups is 1. The van der Waals surface area contributed by atoms with Gasteiger partial charge in [-0.05, 0) is 18.6 Å².